The van der Waals surface area contributed by atoms with Crippen LogP contribution in [0.3, 0.4) is 0 Å². The Bertz CT molecular complexity index is 418. The van der Waals surface area contributed by atoms with Gasteiger partial charge >= 0.3 is 11.5 Å². The second-order valence-electron chi connectivity index (χ2n) is 3.27. The lowest BCUT2D eigenvalue weighted by Gasteiger charge is -2.08. The third kappa shape index (κ3) is 4.99. The van der Waals surface area contributed by atoms with Gasteiger partial charge < -0.3 is 10.2 Å². The number of halogens is 3. The third-order valence-corrected chi connectivity index (χ3v) is 2.67. The normalized spacial score (nSPS) is 11.5. The second-order valence-corrected chi connectivity index (χ2v) is 4.31. The van der Waals surface area contributed by atoms with Gasteiger partial charge in [0, 0.05) is 11.3 Å². The first-order chi connectivity index (χ1) is 7.78. The number of carboxylic acids is 1. The smallest absolute Gasteiger partial charge is 0.442 e. The van der Waals surface area contributed by atoms with Gasteiger partial charge in [-0.3, -0.25) is 4.79 Å². The van der Waals surface area contributed by atoms with Crippen molar-refractivity contribution in [3.63, 3.8) is 0 Å². The molecule has 0 spiro atoms. The molecule has 0 atom stereocenters. The number of carbonyl (C=O) groups is 1. The molecule has 1 rings (SSSR count). The number of hydrogen-bond acceptors (Lipinski definition) is 3. The van der Waals surface area contributed by atoms with Gasteiger partial charge in [0.2, 0.25) is 0 Å². The van der Waals surface area contributed by atoms with Crippen LogP contribution in [0.15, 0.2) is 18.2 Å². The fraction of sp³-hybridized carbons (Fsp3) is 0.300. The molecule has 0 radical (unpaired) electrons. The number of rotatable bonds is 4. The number of aromatic hydroxyl groups is 1. The SMILES string of the molecule is O=C(O)Cc1ccc(O)c(CSC(F)(F)F)c1. The minimum absolute atomic E-state index is 0.0751. The Morgan fingerprint density at radius 3 is 2.53 bits per heavy atom. The van der Waals surface area contributed by atoms with E-state index in [0.717, 1.165) is 0 Å². The number of alkyl halides is 3. The van der Waals surface area contributed by atoms with Crippen LogP contribution in [-0.4, -0.2) is 21.7 Å². The molecule has 0 aromatic heterocycles. The van der Waals surface area contributed by atoms with E-state index in [-0.39, 0.29) is 29.5 Å². The highest BCUT2D eigenvalue weighted by atomic mass is 32.2. The number of phenolic OH excluding ortho intramolecular Hbond substituents is 1. The number of phenols is 1. The van der Waals surface area contributed by atoms with E-state index in [1.54, 1.807) is 0 Å². The molecule has 0 aliphatic rings. The third-order valence-electron chi connectivity index (χ3n) is 1.89. The van der Waals surface area contributed by atoms with Crippen molar-refractivity contribution in [3.8, 4) is 5.75 Å². The van der Waals surface area contributed by atoms with Gasteiger partial charge in [0.1, 0.15) is 5.75 Å². The predicted octanol–water partition coefficient (Wildman–Crippen LogP) is 2.77. The summed E-state index contributed by atoms with van der Waals surface area (Å²) in [5.74, 6) is -1.79. The second kappa shape index (κ2) is 5.31. The zero-order valence-corrected chi connectivity index (χ0v) is 9.31. The molecule has 94 valence electrons. The van der Waals surface area contributed by atoms with Crippen molar-refractivity contribution in [3.05, 3.63) is 29.3 Å². The maximum Gasteiger partial charge on any atom is 0.442 e. The van der Waals surface area contributed by atoms with Crippen LogP contribution in [-0.2, 0) is 17.0 Å². The van der Waals surface area contributed by atoms with Crippen molar-refractivity contribution in [1.29, 1.82) is 0 Å². The molecule has 7 heteroatoms. The number of carboxylic acid groups (broad SMARTS) is 1. The molecule has 0 saturated carbocycles. The molecule has 0 bridgehead atoms. The number of benzene rings is 1. The molecule has 0 aliphatic heterocycles. The van der Waals surface area contributed by atoms with Gasteiger partial charge in [-0.1, -0.05) is 12.1 Å². The molecule has 0 amide bonds. The average molecular weight is 266 g/mol. The fourth-order valence-corrected chi connectivity index (χ4v) is 1.75. The molecule has 17 heavy (non-hydrogen) atoms. The van der Waals surface area contributed by atoms with E-state index < -0.39 is 17.2 Å². The van der Waals surface area contributed by atoms with Crippen molar-refractivity contribution in [2.24, 2.45) is 0 Å². The van der Waals surface area contributed by atoms with Gasteiger partial charge in [-0.2, -0.15) is 13.2 Å². The van der Waals surface area contributed by atoms with E-state index in [4.69, 9.17) is 5.11 Å². The minimum Gasteiger partial charge on any atom is -0.508 e. The zero-order valence-electron chi connectivity index (χ0n) is 8.49. The summed E-state index contributed by atoms with van der Waals surface area (Å²) in [6.45, 7) is 0. The van der Waals surface area contributed by atoms with Crippen molar-refractivity contribution in [1.82, 2.24) is 0 Å². The number of aliphatic carboxylic acids is 1. The van der Waals surface area contributed by atoms with Crippen LogP contribution in [0.5, 0.6) is 5.75 Å². The van der Waals surface area contributed by atoms with Crippen LogP contribution >= 0.6 is 11.8 Å². The number of hydrogen-bond donors (Lipinski definition) is 2. The first-order valence-corrected chi connectivity index (χ1v) is 5.50. The summed E-state index contributed by atoms with van der Waals surface area (Å²) in [6.07, 6.45) is -0.288. The van der Waals surface area contributed by atoms with Crippen LogP contribution in [0.4, 0.5) is 13.2 Å². The van der Waals surface area contributed by atoms with Crippen molar-refractivity contribution < 1.29 is 28.2 Å². The van der Waals surface area contributed by atoms with Crippen LogP contribution in [0.2, 0.25) is 0 Å². The molecule has 0 aliphatic carbocycles. The Morgan fingerprint density at radius 1 is 1.35 bits per heavy atom. The van der Waals surface area contributed by atoms with Crippen molar-refractivity contribution in [2.75, 3.05) is 0 Å². The number of thioether (sulfide) groups is 1. The van der Waals surface area contributed by atoms with Crippen LogP contribution < -0.4 is 0 Å². The van der Waals surface area contributed by atoms with Gasteiger partial charge in [-0.05, 0) is 23.4 Å². The molecular weight excluding hydrogens is 257 g/mol. The lowest BCUT2D eigenvalue weighted by molar-refractivity contribution is -0.136. The molecule has 0 saturated heterocycles. The van der Waals surface area contributed by atoms with Crippen LogP contribution in [0.25, 0.3) is 0 Å². The summed E-state index contributed by atoms with van der Waals surface area (Å²) in [7, 11) is 0. The summed E-state index contributed by atoms with van der Waals surface area (Å²) in [5.41, 5.74) is -3.95. The van der Waals surface area contributed by atoms with E-state index in [1.165, 1.54) is 18.2 Å². The largest absolute Gasteiger partial charge is 0.508 e. The Morgan fingerprint density at radius 2 is 2.00 bits per heavy atom. The highest BCUT2D eigenvalue weighted by molar-refractivity contribution is 7.99. The highest BCUT2D eigenvalue weighted by Gasteiger charge is 2.28. The van der Waals surface area contributed by atoms with Gasteiger partial charge in [0.05, 0.1) is 6.42 Å². The Kier molecular flexibility index (Phi) is 4.28. The molecule has 0 unspecified atom stereocenters. The lowest BCUT2D eigenvalue weighted by atomic mass is 10.1. The van der Waals surface area contributed by atoms with Gasteiger partial charge in [0.25, 0.3) is 0 Å². The summed E-state index contributed by atoms with van der Waals surface area (Å²) >= 11 is -0.279. The van der Waals surface area contributed by atoms with Gasteiger partial charge in [0.15, 0.2) is 0 Å². The van der Waals surface area contributed by atoms with E-state index in [0.29, 0.717) is 5.56 Å². The molecule has 2 N–H and O–H groups in total. The molecule has 3 nitrogen and oxygen atoms in total. The highest BCUT2D eigenvalue weighted by Crippen LogP contribution is 2.35. The monoisotopic (exact) mass is 266 g/mol. The van der Waals surface area contributed by atoms with Crippen molar-refractivity contribution in [2.45, 2.75) is 17.7 Å². The molecule has 0 fully saturated rings. The first-order valence-electron chi connectivity index (χ1n) is 4.51. The lowest BCUT2D eigenvalue weighted by Crippen LogP contribution is -2.02. The quantitative estimate of drug-likeness (QED) is 0.879. The first kappa shape index (κ1) is 13.7. The topological polar surface area (TPSA) is 57.5 Å². The Hall–Kier alpha value is -1.37. The maximum atomic E-state index is 12.0. The fourth-order valence-electron chi connectivity index (χ4n) is 1.20. The molecule has 1 aromatic rings. The predicted molar refractivity (Wildman–Crippen MR) is 56.8 cm³/mol. The van der Waals surface area contributed by atoms with E-state index in [1.807, 2.05) is 0 Å². The summed E-state index contributed by atoms with van der Waals surface area (Å²) in [4.78, 5) is 10.4. The van der Waals surface area contributed by atoms with E-state index in [9.17, 15) is 23.1 Å². The summed E-state index contributed by atoms with van der Waals surface area (Å²) < 4.78 is 35.9. The molecule has 0 heterocycles. The summed E-state index contributed by atoms with van der Waals surface area (Å²) in [6, 6.07) is 3.83. The average Bonchev–Trinajstić information content (AvgIpc) is 2.17. The van der Waals surface area contributed by atoms with Crippen LogP contribution in [0.1, 0.15) is 11.1 Å². The minimum atomic E-state index is -4.38. The maximum absolute atomic E-state index is 12.0. The zero-order chi connectivity index (χ0) is 13.1. The molecule has 1 aromatic carbocycles. The van der Waals surface area contributed by atoms with E-state index in [2.05, 4.69) is 0 Å². The molecular formula is C10H9F3O3S. The Labute approximate surface area is 99.3 Å². The van der Waals surface area contributed by atoms with Gasteiger partial charge in [-0.15, -0.1) is 0 Å². The summed E-state index contributed by atoms with van der Waals surface area (Å²) in [5, 5.41) is 17.9. The van der Waals surface area contributed by atoms with Crippen LogP contribution in [0, 0.1) is 0 Å². The van der Waals surface area contributed by atoms with Crippen molar-refractivity contribution >= 4 is 17.7 Å². The Balaban J connectivity index is 2.80. The standard InChI is InChI=1S/C10H9F3O3S/c11-10(12,13)17-5-7-3-6(4-9(15)16)1-2-8(7)14/h1-3,14H,4-5H2,(H,15,16). The van der Waals surface area contributed by atoms with E-state index >= 15 is 0 Å². The van der Waals surface area contributed by atoms with Gasteiger partial charge in [-0.25, -0.2) is 0 Å².